The summed E-state index contributed by atoms with van der Waals surface area (Å²) in [6.07, 6.45) is 4.81. The topological polar surface area (TPSA) is 52.0 Å². The Kier molecular flexibility index (Phi) is 3.50. The minimum Gasteiger partial charge on any atom is -0.440 e. The summed E-state index contributed by atoms with van der Waals surface area (Å²) in [7, 11) is 0. The van der Waals surface area contributed by atoms with Gasteiger partial charge in [-0.15, -0.1) is 0 Å². The van der Waals surface area contributed by atoms with E-state index in [-0.39, 0.29) is 0 Å². The lowest BCUT2D eigenvalue weighted by Crippen LogP contribution is -2.25. The summed E-state index contributed by atoms with van der Waals surface area (Å²) in [5, 5.41) is 0.712. The monoisotopic (exact) mass is 278 g/mol. The highest BCUT2D eigenvalue weighted by Gasteiger charge is 2.29. The largest absolute Gasteiger partial charge is 0.440 e. The number of hydrogen-bond donors (Lipinski definition) is 1. The zero-order valence-electron chi connectivity index (χ0n) is 11.2. The molecule has 1 aliphatic carbocycles. The van der Waals surface area contributed by atoms with Crippen LogP contribution in [0, 0.1) is 12.8 Å². The number of nitrogens with two attached hydrogens (primary N) is 1. The van der Waals surface area contributed by atoms with Crippen LogP contribution in [-0.4, -0.2) is 11.5 Å². The summed E-state index contributed by atoms with van der Waals surface area (Å²) in [5.41, 5.74) is 8.66. The molecule has 1 aromatic carbocycles. The van der Waals surface area contributed by atoms with Gasteiger partial charge in [-0.25, -0.2) is 4.98 Å². The maximum absolute atomic E-state index is 6.07. The first kappa shape index (κ1) is 12.9. The third kappa shape index (κ3) is 2.37. The fourth-order valence-electron chi connectivity index (χ4n) is 3.15. The van der Waals surface area contributed by atoms with Crippen LogP contribution in [0.15, 0.2) is 16.5 Å². The van der Waals surface area contributed by atoms with Gasteiger partial charge in [0.1, 0.15) is 5.52 Å². The van der Waals surface area contributed by atoms with E-state index < -0.39 is 0 Å². The van der Waals surface area contributed by atoms with E-state index in [9.17, 15) is 0 Å². The molecule has 0 amide bonds. The molecule has 1 aliphatic rings. The predicted octanol–water partition coefficient (Wildman–Crippen LogP) is 4.02. The van der Waals surface area contributed by atoms with Gasteiger partial charge in [0.05, 0.1) is 0 Å². The average Bonchev–Trinajstić information content (AvgIpc) is 2.82. The lowest BCUT2D eigenvalue weighted by Gasteiger charge is -2.27. The van der Waals surface area contributed by atoms with Crippen LogP contribution < -0.4 is 5.73 Å². The van der Waals surface area contributed by atoms with Crippen molar-refractivity contribution in [2.45, 2.75) is 38.5 Å². The van der Waals surface area contributed by atoms with Gasteiger partial charge in [-0.05, 0) is 49.9 Å². The maximum Gasteiger partial charge on any atom is 0.198 e. The van der Waals surface area contributed by atoms with Gasteiger partial charge in [-0.3, -0.25) is 0 Å². The van der Waals surface area contributed by atoms with Gasteiger partial charge in [0.2, 0.25) is 0 Å². The highest BCUT2D eigenvalue weighted by Crippen LogP contribution is 2.38. The molecule has 3 nitrogen and oxygen atoms in total. The molecule has 2 unspecified atom stereocenters. The second kappa shape index (κ2) is 5.14. The van der Waals surface area contributed by atoms with Gasteiger partial charge in [0, 0.05) is 10.9 Å². The van der Waals surface area contributed by atoms with Crippen LogP contribution in [-0.2, 0) is 0 Å². The lowest BCUT2D eigenvalue weighted by atomic mass is 9.79. The van der Waals surface area contributed by atoms with Crippen LogP contribution in [0.4, 0.5) is 0 Å². The van der Waals surface area contributed by atoms with E-state index in [4.69, 9.17) is 21.8 Å². The van der Waals surface area contributed by atoms with Crippen molar-refractivity contribution < 1.29 is 4.42 Å². The minimum absolute atomic E-state index is 0.365. The second-order valence-corrected chi connectivity index (χ2v) is 5.95. The van der Waals surface area contributed by atoms with Crippen molar-refractivity contribution in [2.24, 2.45) is 11.7 Å². The Morgan fingerprint density at radius 1 is 1.37 bits per heavy atom. The Morgan fingerprint density at radius 3 is 2.95 bits per heavy atom. The molecular weight excluding hydrogens is 260 g/mol. The summed E-state index contributed by atoms with van der Waals surface area (Å²) in [6, 6.07) is 3.79. The molecule has 2 N–H and O–H groups in total. The molecule has 0 radical (unpaired) electrons. The number of fused-ring (bicyclic) bond motifs is 1. The first-order valence-electron chi connectivity index (χ1n) is 6.95. The van der Waals surface area contributed by atoms with Crippen LogP contribution >= 0.6 is 11.6 Å². The molecule has 1 heterocycles. The van der Waals surface area contributed by atoms with E-state index in [0.717, 1.165) is 29.0 Å². The van der Waals surface area contributed by atoms with E-state index in [0.29, 0.717) is 23.4 Å². The average molecular weight is 279 g/mol. The smallest absolute Gasteiger partial charge is 0.198 e. The van der Waals surface area contributed by atoms with E-state index >= 15 is 0 Å². The molecule has 0 saturated heterocycles. The van der Waals surface area contributed by atoms with Gasteiger partial charge in [-0.2, -0.15) is 0 Å². The Hall–Kier alpha value is -1.06. The number of rotatable bonds is 2. The van der Waals surface area contributed by atoms with Crippen molar-refractivity contribution in [3.63, 3.8) is 0 Å². The molecule has 19 heavy (non-hydrogen) atoms. The predicted molar refractivity (Wildman–Crippen MR) is 77.5 cm³/mol. The highest BCUT2D eigenvalue weighted by molar-refractivity contribution is 6.31. The molecule has 1 aromatic heterocycles. The molecule has 1 saturated carbocycles. The van der Waals surface area contributed by atoms with Crippen molar-refractivity contribution in [3.05, 3.63) is 28.6 Å². The van der Waals surface area contributed by atoms with Crippen molar-refractivity contribution >= 4 is 22.7 Å². The van der Waals surface area contributed by atoms with Crippen LogP contribution in [0.25, 0.3) is 11.1 Å². The molecule has 0 bridgehead atoms. The van der Waals surface area contributed by atoms with Crippen molar-refractivity contribution in [2.75, 3.05) is 6.54 Å². The Labute approximate surface area is 118 Å². The SMILES string of the molecule is Cc1cc(Cl)cc2nc(C3CCCCC3CN)oc12. The molecule has 2 atom stereocenters. The van der Waals surface area contributed by atoms with E-state index in [2.05, 4.69) is 4.98 Å². The zero-order valence-corrected chi connectivity index (χ0v) is 11.9. The minimum atomic E-state index is 0.365. The number of oxazole rings is 1. The van der Waals surface area contributed by atoms with Gasteiger partial charge >= 0.3 is 0 Å². The highest BCUT2D eigenvalue weighted by atomic mass is 35.5. The van der Waals surface area contributed by atoms with Gasteiger partial charge in [0.15, 0.2) is 11.5 Å². The zero-order chi connectivity index (χ0) is 13.4. The third-order valence-corrected chi connectivity index (χ3v) is 4.40. The van der Waals surface area contributed by atoms with Crippen LogP contribution in [0.2, 0.25) is 5.02 Å². The third-order valence-electron chi connectivity index (χ3n) is 4.19. The molecular formula is C15H19ClN2O. The van der Waals surface area contributed by atoms with Crippen LogP contribution in [0.5, 0.6) is 0 Å². The Bertz CT molecular complexity index is 593. The van der Waals surface area contributed by atoms with Gasteiger partial charge < -0.3 is 10.2 Å². The second-order valence-electron chi connectivity index (χ2n) is 5.51. The van der Waals surface area contributed by atoms with Gasteiger partial charge in [-0.1, -0.05) is 24.4 Å². The van der Waals surface area contributed by atoms with E-state index in [1.54, 1.807) is 0 Å². The summed E-state index contributed by atoms with van der Waals surface area (Å²) < 4.78 is 6.00. The molecule has 3 rings (SSSR count). The summed E-state index contributed by atoms with van der Waals surface area (Å²) >= 11 is 6.07. The molecule has 2 aromatic rings. The molecule has 1 fully saturated rings. The fraction of sp³-hybridized carbons (Fsp3) is 0.533. The molecule has 4 heteroatoms. The Balaban J connectivity index is 2.02. The lowest BCUT2D eigenvalue weighted by molar-refractivity contribution is 0.275. The maximum atomic E-state index is 6.07. The fourth-order valence-corrected chi connectivity index (χ4v) is 3.41. The van der Waals surface area contributed by atoms with Crippen LogP contribution in [0.3, 0.4) is 0 Å². The Morgan fingerprint density at radius 2 is 2.16 bits per heavy atom. The summed E-state index contributed by atoms with van der Waals surface area (Å²) in [4.78, 5) is 4.65. The standard InChI is InChI=1S/C15H19ClN2O/c1-9-6-11(16)7-13-14(9)19-15(18-13)12-5-3-2-4-10(12)8-17/h6-7,10,12H,2-5,8,17H2,1H3. The number of aryl methyl sites for hydroxylation is 1. The first-order chi connectivity index (χ1) is 9.19. The van der Waals surface area contributed by atoms with Crippen molar-refractivity contribution in [3.8, 4) is 0 Å². The van der Waals surface area contributed by atoms with E-state index in [1.165, 1.54) is 19.3 Å². The number of halogens is 1. The molecule has 102 valence electrons. The van der Waals surface area contributed by atoms with E-state index in [1.807, 2.05) is 19.1 Å². The van der Waals surface area contributed by atoms with Crippen molar-refractivity contribution in [1.29, 1.82) is 0 Å². The van der Waals surface area contributed by atoms with Gasteiger partial charge in [0.25, 0.3) is 0 Å². The van der Waals surface area contributed by atoms with Crippen LogP contribution in [0.1, 0.15) is 43.1 Å². The summed E-state index contributed by atoms with van der Waals surface area (Å²) in [5.74, 6) is 1.71. The molecule has 0 aliphatic heterocycles. The van der Waals surface area contributed by atoms with Crippen molar-refractivity contribution in [1.82, 2.24) is 4.98 Å². The normalized spacial score (nSPS) is 23.9. The number of hydrogen-bond acceptors (Lipinski definition) is 3. The number of aromatic nitrogens is 1. The number of nitrogens with zero attached hydrogens (tertiary/aromatic N) is 1. The quantitative estimate of drug-likeness (QED) is 0.902. The number of benzene rings is 1. The molecule has 0 spiro atoms. The summed E-state index contributed by atoms with van der Waals surface area (Å²) in [6.45, 7) is 2.72. The first-order valence-corrected chi connectivity index (χ1v) is 7.33.